The van der Waals surface area contributed by atoms with Gasteiger partial charge in [0, 0.05) is 6.04 Å². The Labute approximate surface area is 82.9 Å². The molecule has 0 aromatic carbocycles. The number of rotatable bonds is 5. The third-order valence-corrected chi connectivity index (χ3v) is 2.19. The number of amides is 1. The van der Waals surface area contributed by atoms with Crippen molar-refractivity contribution in [2.45, 2.75) is 44.8 Å². The van der Waals surface area contributed by atoms with Crippen molar-refractivity contribution >= 4 is 11.9 Å². The zero-order valence-corrected chi connectivity index (χ0v) is 8.41. The standard InChI is InChI=1S/C9H16N2O3/c1-5(10-6(2)9(13)14)8(12)11-7-3-4-7/h5-7,10H,3-4H2,1-2H3,(H,11,12)(H,13,14). The van der Waals surface area contributed by atoms with Gasteiger partial charge in [-0.3, -0.25) is 14.9 Å². The number of aliphatic carboxylic acids is 1. The molecule has 1 rings (SSSR count). The topological polar surface area (TPSA) is 78.4 Å². The predicted octanol–water partition coefficient (Wildman–Crippen LogP) is -0.284. The Morgan fingerprint density at radius 1 is 1.29 bits per heavy atom. The third-order valence-electron chi connectivity index (χ3n) is 2.19. The Kier molecular flexibility index (Phi) is 3.46. The summed E-state index contributed by atoms with van der Waals surface area (Å²) in [5, 5.41) is 14.1. The first-order valence-electron chi connectivity index (χ1n) is 4.80. The van der Waals surface area contributed by atoms with E-state index in [9.17, 15) is 9.59 Å². The molecule has 2 unspecified atom stereocenters. The molecule has 0 heterocycles. The lowest BCUT2D eigenvalue weighted by Gasteiger charge is -2.16. The van der Waals surface area contributed by atoms with E-state index in [1.165, 1.54) is 6.92 Å². The summed E-state index contributed by atoms with van der Waals surface area (Å²) >= 11 is 0. The van der Waals surface area contributed by atoms with Gasteiger partial charge in [-0.25, -0.2) is 0 Å². The highest BCUT2D eigenvalue weighted by Gasteiger charge is 2.26. The molecule has 5 heteroatoms. The van der Waals surface area contributed by atoms with Crippen molar-refractivity contribution in [3.63, 3.8) is 0 Å². The van der Waals surface area contributed by atoms with Gasteiger partial charge in [0.1, 0.15) is 6.04 Å². The van der Waals surface area contributed by atoms with E-state index >= 15 is 0 Å². The molecule has 0 saturated heterocycles. The highest BCUT2D eigenvalue weighted by Crippen LogP contribution is 2.18. The van der Waals surface area contributed by atoms with E-state index in [2.05, 4.69) is 10.6 Å². The summed E-state index contributed by atoms with van der Waals surface area (Å²) in [4.78, 5) is 21.9. The molecule has 1 fully saturated rings. The van der Waals surface area contributed by atoms with Crippen LogP contribution in [0.5, 0.6) is 0 Å². The maximum atomic E-state index is 11.4. The van der Waals surface area contributed by atoms with Crippen LogP contribution in [0.25, 0.3) is 0 Å². The van der Waals surface area contributed by atoms with Crippen LogP contribution in [0.3, 0.4) is 0 Å². The zero-order valence-electron chi connectivity index (χ0n) is 8.41. The monoisotopic (exact) mass is 200 g/mol. The van der Waals surface area contributed by atoms with Crippen LogP contribution in [0.2, 0.25) is 0 Å². The normalized spacial score (nSPS) is 19.9. The van der Waals surface area contributed by atoms with Gasteiger partial charge in [0.25, 0.3) is 0 Å². The number of carbonyl (C=O) groups is 2. The average Bonchev–Trinajstić information content (AvgIpc) is 2.87. The Hall–Kier alpha value is -1.10. The fourth-order valence-corrected chi connectivity index (χ4v) is 1.08. The smallest absolute Gasteiger partial charge is 0.320 e. The van der Waals surface area contributed by atoms with Crippen LogP contribution in [0.15, 0.2) is 0 Å². The van der Waals surface area contributed by atoms with Crippen LogP contribution in [0.4, 0.5) is 0 Å². The van der Waals surface area contributed by atoms with Gasteiger partial charge in [-0.05, 0) is 26.7 Å². The van der Waals surface area contributed by atoms with E-state index in [0.29, 0.717) is 6.04 Å². The lowest BCUT2D eigenvalue weighted by atomic mass is 10.2. The predicted molar refractivity (Wildman–Crippen MR) is 50.9 cm³/mol. The molecule has 1 aliphatic rings. The second-order valence-electron chi connectivity index (χ2n) is 3.73. The summed E-state index contributed by atoms with van der Waals surface area (Å²) < 4.78 is 0. The Bertz CT molecular complexity index is 238. The first-order chi connectivity index (χ1) is 6.50. The maximum absolute atomic E-state index is 11.4. The molecule has 0 aromatic heterocycles. The van der Waals surface area contributed by atoms with Gasteiger partial charge < -0.3 is 10.4 Å². The lowest BCUT2D eigenvalue weighted by Crippen LogP contribution is -2.48. The molecule has 2 atom stereocenters. The van der Waals surface area contributed by atoms with Crippen LogP contribution >= 0.6 is 0 Å². The molecule has 1 amide bonds. The first kappa shape index (κ1) is 11.0. The van der Waals surface area contributed by atoms with Crippen LogP contribution in [0, 0.1) is 0 Å². The van der Waals surface area contributed by atoms with Crippen molar-refractivity contribution < 1.29 is 14.7 Å². The highest BCUT2D eigenvalue weighted by atomic mass is 16.4. The number of nitrogens with one attached hydrogen (secondary N) is 2. The maximum Gasteiger partial charge on any atom is 0.320 e. The minimum atomic E-state index is -0.948. The van der Waals surface area contributed by atoms with Crippen molar-refractivity contribution in [3.05, 3.63) is 0 Å². The largest absolute Gasteiger partial charge is 0.480 e. The van der Waals surface area contributed by atoms with Gasteiger partial charge in [0.05, 0.1) is 6.04 Å². The molecule has 1 saturated carbocycles. The lowest BCUT2D eigenvalue weighted by molar-refractivity contribution is -0.139. The van der Waals surface area contributed by atoms with E-state index in [0.717, 1.165) is 12.8 Å². The molecule has 0 aliphatic heterocycles. The first-order valence-corrected chi connectivity index (χ1v) is 4.80. The van der Waals surface area contributed by atoms with E-state index in [1.54, 1.807) is 6.92 Å². The van der Waals surface area contributed by atoms with Crippen molar-refractivity contribution in [2.24, 2.45) is 0 Å². The highest BCUT2D eigenvalue weighted by molar-refractivity contribution is 5.83. The minimum Gasteiger partial charge on any atom is -0.480 e. The number of carboxylic acid groups (broad SMARTS) is 1. The summed E-state index contributed by atoms with van der Waals surface area (Å²) in [6.07, 6.45) is 2.07. The molecule has 0 aromatic rings. The fourth-order valence-electron chi connectivity index (χ4n) is 1.08. The molecule has 0 radical (unpaired) electrons. The Morgan fingerprint density at radius 3 is 2.29 bits per heavy atom. The van der Waals surface area contributed by atoms with Gasteiger partial charge >= 0.3 is 5.97 Å². The second kappa shape index (κ2) is 4.41. The molecule has 0 spiro atoms. The average molecular weight is 200 g/mol. The van der Waals surface area contributed by atoms with Gasteiger partial charge in [-0.15, -0.1) is 0 Å². The molecule has 0 bridgehead atoms. The van der Waals surface area contributed by atoms with E-state index in [1.807, 2.05) is 0 Å². The number of carboxylic acids is 1. The summed E-state index contributed by atoms with van der Waals surface area (Å²) in [7, 11) is 0. The minimum absolute atomic E-state index is 0.124. The van der Waals surface area contributed by atoms with Crippen LogP contribution in [-0.2, 0) is 9.59 Å². The van der Waals surface area contributed by atoms with Crippen LogP contribution in [-0.4, -0.2) is 35.1 Å². The molecule has 1 aliphatic carbocycles. The molecular formula is C9H16N2O3. The van der Waals surface area contributed by atoms with Gasteiger partial charge in [0.15, 0.2) is 0 Å². The van der Waals surface area contributed by atoms with Crippen molar-refractivity contribution in [1.82, 2.24) is 10.6 Å². The van der Waals surface area contributed by atoms with E-state index in [-0.39, 0.29) is 5.91 Å². The summed E-state index contributed by atoms with van der Waals surface area (Å²) in [6.45, 7) is 3.18. The fraction of sp³-hybridized carbons (Fsp3) is 0.778. The SMILES string of the molecule is CC(NC(C)C(=O)NC1CC1)C(=O)O. The Balaban J connectivity index is 2.28. The molecule has 14 heavy (non-hydrogen) atoms. The second-order valence-corrected chi connectivity index (χ2v) is 3.73. The molecular weight excluding hydrogens is 184 g/mol. The van der Waals surface area contributed by atoms with Gasteiger partial charge in [-0.1, -0.05) is 0 Å². The summed E-state index contributed by atoms with van der Waals surface area (Å²) in [5.74, 6) is -1.07. The zero-order chi connectivity index (χ0) is 10.7. The van der Waals surface area contributed by atoms with Gasteiger partial charge in [0.2, 0.25) is 5.91 Å². The number of carbonyl (C=O) groups excluding carboxylic acids is 1. The molecule has 80 valence electrons. The van der Waals surface area contributed by atoms with E-state index < -0.39 is 18.1 Å². The Morgan fingerprint density at radius 2 is 1.86 bits per heavy atom. The van der Waals surface area contributed by atoms with Crippen LogP contribution < -0.4 is 10.6 Å². The van der Waals surface area contributed by atoms with E-state index in [4.69, 9.17) is 5.11 Å². The third kappa shape index (κ3) is 3.33. The summed E-state index contributed by atoms with van der Waals surface area (Å²) in [5.41, 5.74) is 0. The summed E-state index contributed by atoms with van der Waals surface area (Å²) in [6, 6.07) is -0.844. The molecule has 3 N–H and O–H groups in total. The van der Waals surface area contributed by atoms with Crippen molar-refractivity contribution in [2.75, 3.05) is 0 Å². The number of hydrogen-bond donors (Lipinski definition) is 3. The number of hydrogen-bond acceptors (Lipinski definition) is 3. The van der Waals surface area contributed by atoms with Crippen molar-refractivity contribution in [1.29, 1.82) is 0 Å². The van der Waals surface area contributed by atoms with Crippen molar-refractivity contribution in [3.8, 4) is 0 Å². The van der Waals surface area contributed by atoms with Crippen LogP contribution in [0.1, 0.15) is 26.7 Å². The van der Waals surface area contributed by atoms with Gasteiger partial charge in [-0.2, -0.15) is 0 Å². The quantitative estimate of drug-likeness (QED) is 0.570. The molecule has 5 nitrogen and oxygen atoms in total.